The van der Waals surface area contributed by atoms with E-state index in [9.17, 15) is 9.59 Å². The minimum Gasteiger partial charge on any atom is -0.366 e. The zero-order valence-electron chi connectivity index (χ0n) is 15.0. The lowest BCUT2D eigenvalue weighted by Gasteiger charge is -2.21. The molecular formula is C18H23N5O2S2. The normalized spacial score (nSPS) is 14.8. The van der Waals surface area contributed by atoms with E-state index in [4.69, 9.17) is 5.73 Å². The first kappa shape index (κ1) is 19.6. The van der Waals surface area contributed by atoms with Gasteiger partial charge in [-0.25, -0.2) is 0 Å². The van der Waals surface area contributed by atoms with Gasteiger partial charge >= 0.3 is 0 Å². The number of rotatable bonds is 8. The number of carbonyl (C=O) groups excluding carboxylic acids is 2. The number of amides is 2. The Morgan fingerprint density at radius 2 is 2.15 bits per heavy atom. The lowest BCUT2D eigenvalue weighted by molar-refractivity contribution is -0.113. The van der Waals surface area contributed by atoms with Crippen LogP contribution in [0.1, 0.15) is 54.2 Å². The summed E-state index contributed by atoms with van der Waals surface area (Å²) in [6.07, 6.45) is 7.82. The second kappa shape index (κ2) is 9.18. The Kier molecular flexibility index (Phi) is 6.68. The first-order valence-electron chi connectivity index (χ1n) is 8.94. The molecule has 0 radical (unpaired) electrons. The Labute approximate surface area is 166 Å². The number of allylic oxidation sites excluding steroid dienone is 1. The number of carbonyl (C=O) groups is 2. The summed E-state index contributed by atoms with van der Waals surface area (Å²) < 4.78 is 2.06. The molecule has 2 aromatic rings. The zero-order chi connectivity index (χ0) is 19.2. The van der Waals surface area contributed by atoms with E-state index in [0.717, 1.165) is 18.7 Å². The van der Waals surface area contributed by atoms with E-state index in [-0.39, 0.29) is 11.7 Å². The molecule has 1 fully saturated rings. The topological polar surface area (TPSA) is 103 Å². The molecule has 0 bridgehead atoms. The van der Waals surface area contributed by atoms with E-state index in [1.807, 2.05) is 6.08 Å². The highest BCUT2D eigenvalue weighted by Crippen LogP contribution is 2.33. The van der Waals surface area contributed by atoms with E-state index >= 15 is 0 Å². The predicted octanol–water partition coefficient (Wildman–Crippen LogP) is 3.40. The molecule has 144 valence electrons. The predicted molar refractivity (Wildman–Crippen MR) is 108 cm³/mol. The van der Waals surface area contributed by atoms with E-state index in [2.05, 4.69) is 26.7 Å². The number of thioether (sulfide) groups is 1. The third-order valence-electron chi connectivity index (χ3n) is 4.54. The maximum Gasteiger partial charge on any atom is 0.251 e. The zero-order valence-corrected chi connectivity index (χ0v) is 16.7. The quantitative estimate of drug-likeness (QED) is 0.517. The molecule has 27 heavy (non-hydrogen) atoms. The van der Waals surface area contributed by atoms with Crippen LogP contribution in [-0.4, -0.2) is 32.3 Å². The average molecular weight is 406 g/mol. The summed E-state index contributed by atoms with van der Waals surface area (Å²) in [5.41, 5.74) is 5.63. The molecule has 2 amide bonds. The van der Waals surface area contributed by atoms with Crippen molar-refractivity contribution in [2.45, 2.75) is 49.7 Å². The third kappa shape index (κ3) is 4.78. The van der Waals surface area contributed by atoms with Crippen molar-refractivity contribution in [1.82, 2.24) is 14.8 Å². The minimum absolute atomic E-state index is 0.177. The van der Waals surface area contributed by atoms with Gasteiger partial charge in [0.05, 0.1) is 11.3 Å². The molecule has 0 atom stereocenters. The van der Waals surface area contributed by atoms with Crippen LogP contribution in [0.2, 0.25) is 0 Å². The molecule has 2 aromatic heterocycles. The molecule has 0 spiro atoms. The number of primary amides is 1. The Balaban J connectivity index is 1.65. The number of hydrogen-bond donors (Lipinski definition) is 2. The van der Waals surface area contributed by atoms with Gasteiger partial charge in [-0.2, -0.15) is 0 Å². The van der Waals surface area contributed by atoms with Gasteiger partial charge in [-0.1, -0.05) is 37.1 Å². The molecule has 1 aliphatic rings. The van der Waals surface area contributed by atoms with E-state index in [1.165, 1.54) is 42.4 Å². The number of thiophene rings is 1. The molecule has 1 aliphatic carbocycles. The molecule has 0 unspecified atom stereocenters. The highest BCUT2D eigenvalue weighted by Gasteiger charge is 2.23. The highest BCUT2D eigenvalue weighted by molar-refractivity contribution is 7.99. The molecule has 3 rings (SSSR count). The molecule has 0 aromatic carbocycles. The van der Waals surface area contributed by atoms with E-state index in [0.29, 0.717) is 28.2 Å². The van der Waals surface area contributed by atoms with Crippen LogP contribution in [0.4, 0.5) is 5.00 Å². The number of aromatic nitrogens is 3. The van der Waals surface area contributed by atoms with Crippen molar-refractivity contribution in [3.8, 4) is 0 Å². The summed E-state index contributed by atoms with van der Waals surface area (Å²) in [6.45, 7) is 4.45. The lowest BCUT2D eigenvalue weighted by Crippen LogP contribution is -2.18. The van der Waals surface area contributed by atoms with Crippen molar-refractivity contribution in [3.05, 3.63) is 35.5 Å². The summed E-state index contributed by atoms with van der Waals surface area (Å²) in [5, 5.41) is 14.4. The van der Waals surface area contributed by atoms with Gasteiger partial charge in [-0.3, -0.25) is 9.59 Å². The van der Waals surface area contributed by atoms with Crippen molar-refractivity contribution >= 4 is 39.9 Å². The van der Waals surface area contributed by atoms with Crippen LogP contribution in [0.5, 0.6) is 0 Å². The maximum atomic E-state index is 12.3. The standard InChI is InChI=1S/C18H23N5O2S2/c1-2-9-23-16(12-6-4-3-5-7-12)21-22-18(23)27-11-14(24)20-17-13(15(19)25)8-10-26-17/h2,8,10,12H,1,3-7,9,11H2,(H2,19,25)(H,20,24). The van der Waals surface area contributed by atoms with Gasteiger partial charge in [0.1, 0.15) is 10.8 Å². The van der Waals surface area contributed by atoms with Crippen LogP contribution in [-0.2, 0) is 11.3 Å². The van der Waals surface area contributed by atoms with Crippen molar-refractivity contribution in [2.75, 3.05) is 11.1 Å². The van der Waals surface area contributed by atoms with Crippen molar-refractivity contribution in [1.29, 1.82) is 0 Å². The van der Waals surface area contributed by atoms with Crippen LogP contribution < -0.4 is 11.1 Å². The van der Waals surface area contributed by atoms with Gasteiger partial charge in [0.25, 0.3) is 5.91 Å². The highest BCUT2D eigenvalue weighted by atomic mass is 32.2. The van der Waals surface area contributed by atoms with Crippen molar-refractivity contribution in [3.63, 3.8) is 0 Å². The Morgan fingerprint density at radius 3 is 2.85 bits per heavy atom. The van der Waals surface area contributed by atoms with Gasteiger partial charge in [0, 0.05) is 12.5 Å². The fourth-order valence-electron chi connectivity index (χ4n) is 3.26. The first-order valence-corrected chi connectivity index (χ1v) is 10.8. The van der Waals surface area contributed by atoms with Crippen LogP contribution in [0.3, 0.4) is 0 Å². The Morgan fingerprint density at radius 1 is 1.37 bits per heavy atom. The fourth-order valence-corrected chi connectivity index (χ4v) is 4.83. The van der Waals surface area contributed by atoms with Crippen LogP contribution in [0, 0.1) is 0 Å². The fraction of sp³-hybridized carbons (Fsp3) is 0.444. The number of nitrogens with two attached hydrogens (primary N) is 1. The van der Waals surface area contributed by atoms with Gasteiger partial charge in [-0.05, 0) is 24.3 Å². The molecular weight excluding hydrogens is 382 g/mol. The van der Waals surface area contributed by atoms with Gasteiger partial charge in [0.15, 0.2) is 5.16 Å². The summed E-state index contributed by atoms with van der Waals surface area (Å²) in [6, 6.07) is 1.60. The van der Waals surface area contributed by atoms with E-state index in [1.54, 1.807) is 11.4 Å². The van der Waals surface area contributed by atoms with Crippen LogP contribution >= 0.6 is 23.1 Å². The molecule has 0 aliphatic heterocycles. The molecule has 7 nitrogen and oxygen atoms in total. The van der Waals surface area contributed by atoms with Gasteiger partial charge in [-0.15, -0.1) is 28.1 Å². The van der Waals surface area contributed by atoms with Crippen molar-refractivity contribution in [2.24, 2.45) is 5.73 Å². The third-order valence-corrected chi connectivity index (χ3v) is 6.34. The van der Waals surface area contributed by atoms with Gasteiger partial charge < -0.3 is 15.6 Å². The first-order chi connectivity index (χ1) is 13.1. The Hall–Kier alpha value is -2.13. The number of anilines is 1. The maximum absolute atomic E-state index is 12.3. The second-order valence-electron chi connectivity index (χ2n) is 6.44. The molecule has 9 heteroatoms. The molecule has 3 N–H and O–H groups in total. The second-order valence-corrected chi connectivity index (χ2v) is 8.30. The van der Waals surface area contributed by atoms with E-state index < -0.39 is 5.91 Å². The Bertz CT molecular complexity index is 824. The number of hydrogen-bond acceptors (Lipinski definition) is 6. The van der Waals surface area contributed by atoms with Gasteiger partial charge in [0.2, 0.25) is 5.91 Å². The molecule has 2 heterocycles. The lowest BCUT2D eigenvalue weighted by atomic mass is 9.89. The average Bonchev–Trinajstić information content (AvgIpc) is 3.28. The summed E-state index contributed by atoms with van der Waals surface area (Å²) in [7, 11) is 0. The summed E-state index contributed by atoms with van der Waals surface area (Å²) >= 11 is 2.61. The van der Waals surface area contributed by atoms with Crippen molar-refractivity contribution < 1.29 is 9.59 Å². The SMILES string of the molecule is C=CCn1c(SCC(=O)Nc2sccc2C(N)=O)nnc1C1CCCCC1. The summed E-state index contributed by atoms with van der Waals surface area (Å²) in [5.74, 6) is 0.834. The van der Waals surface area contributed by atoms with Crippen LogP contribution in [0.15, 0.2) is 29.3 Å². The minimum atomic E-state index is -0.554. The number of nitrogens with one attached hydrogen (secondary N) is 1. The summed E-state index contributed by atoms with van der Waals surface area (Å²) in [4.78, 5) is 23.6. The monoisotopic (exact) mass is 405 g/mol. The smallest absolute Gasteiger partial charge is 0.251 e. The molecule has 0 saturated heterocycles. The van der Waals surface area contributed by atoms with Crippen LogP contribution in [0.25, 0.3) is 0 Å². The molecule has 1 saturated carbocycles. The largest absolute Gasteiger partial charge is 0.366 e. The number of nitrogens with zero attached hydrogens (tertiary/aromatic N) is 3.